The zero-order valence-corrected chi connectivity index (χ0v) is 8.09. The molecule has 0 aliphatic heterocycles. The van der Waals surface area contributed by atoms with Crippen LogP contribution in [0.25, 0.3) is 0 Å². The monoisotopic (exact) mass is 214 g/mol. The zero-order chi connectivity index (χ0) is 10.5. The van der Waals surface area contributed by atoms with Crippen molar-refractivity contribution in [3.05, 3.63) is 66.2 Å². The molecule has 0 amide bonds. The zero-order valence-electron chi connectivity index (χ0n) is 8.09. The normalized spacial score (nSPS) is 9.00. The van der Waals surface area contributed by atoms with E-state index in [-0.39, 0.29) is 13.4 Å². The van der Waals surface area contributed by atoms with Crippen LogP contribution in [-0.2, 0) is 0 Å². The molecular formula is C14H14O2. The second-order valence-electron chi connectivity index (χ2n) is 3.07. The first-order valence-electron chi connectivity index (χ1n) is 4.68. The van der Waals surface area contributed by atoms with Gasteiger partial charge in [0.05, 0.1) is 5.56 Å². The van der Waals surface area contributed by atoms with Gasteiger partial charge in [-0.15, -0.1) is 0 Å². The maximum Gasteiger partial charge on any atom is 0.343 e. The van der Waals surface area contributed by atoms with Gasteiger partial charge in [-0.05, 0) is 24.3 Å². The van der Waals surface area contributed by atoms with Gasteiger partial charge >= 0.3 is 5.97 Å². The number of ether oxygens (including phenoxy) is 1. The summed E-state index contributed by atoms with van der Waals surface area (Å²) in [5, 5.41) is 0. The summed E-state index contributed by atoms with van der Waals surface area (Å²) in [6, 6.07) is 18.0. The summed E-state index contributed by atoms with van der Waals surface area (Å²) in [6.45, 7) is 0. The van der Waals surface area contributed by atoms with Crippen LogP contribution in [0.4, 0.5) is 0 Å². The third kappa shape index (κ3) is 2.95. The maximum atomic E-state index is 11.6. The average molecular weight is 214 g/mol. The van der Waals surface area contributed by atoms with E-state index in [0.717, 1.165) is 0 Å². The van der Waals surface area contributed by atoms with Crippen LogP contribution in [0.5, 0.6) is 5.75 Å². The first kappa shape index (κ1) is 12.0. The molecule has 0 heterocycles. The highest BCUT2D eigenvalue weighted by molar-refractivity contribution is 5.90. The molecule has 0 N–H and O–H groups in total. The van der Waals surface area contributed by atoms with Gasteiger partial charge < -0.3 is 4.74 Å². The largest absolute Gasteiger partial charge is 0.423 e. The predicted molar refractivity (Wildman–Crippen MR) is 64.6 cm³/mol. The van der Waals surface area contributed by atoms with Crippen molar-refractivity contribution in [3.63, 3.8) is 0 Å². The topological polar surface area (TPSA) is 26.3 Å². The Hall–Kier alpha value is -2.09. The fourth-order valence-electron chi connectivity index (χ4n) is 1.23. The first-order chi connectivity index (χ1) is 7.36. The van der Waals surface area contributed by atoms with Gasteiger partial charge in [0.2, 0.25) is 0 Å². The molecule has 0 aliphatic rings. The van der Waals surface area contributed by atoms with Gasteiger partial charge in [0.25, 0.3) is 0 Å². The van der Waals surface area contributed by atoms with E-state index >= 15 is 0 Å². The van der Waals surface area contributed by atoms with Crippen molar-refractivity contribution in [3.8, 4) is 5.75 Å². The molecule has 0 fully saturated rings. The number of benzene rings is 2. The summed E-state index contributed by atoms with van der Waals surface area (Å²) in [6.07, 6.45) is 0. The fourth-order valence-corrected chi connectivity index (χ4v) is 1.23. The molecule has 0 atom stereocenters. The second kappa shape index (κ2) is 5.71. The second-order valence-corrected chi connectivity index (χ2v) is 3.07. The van der Waals surface area contributed by atoms with Gasteiger partial charge in [0.1, 0.15) is 5.75 Å². The third-order valence-electron chi connectivity index (χ3n) is 1.96. The summed E-state index contributed by atoms with van der Waals surface area (Å²) in [7, 11) is 0. The van der Waals surface area contributed by atoms with Gasteiger partial charge in [-0.25, -0.2) is 4.79 Å². The number of carbonyl (C=O) groups excluding carboxylic acids is 1. The number of carbonyl (C=O) groups is 1. The van der Waals surface area contributed by atoms with Crippen LogP contribution in [0.3, 0.4) is 0 Å². The van der Waals surface area contributed by atoms with Gasteiger partial charge in [0, 0.05) is 0 Å². The molecule has 0 aromatic heterocycles. The lowest BCUT2D eigenvalue weighted by Gasteiger charge is -2.02. The minimum Gasteiger partial charge on any atom is -0.423 e. The number of rotatable bonds is 2. The van der Waals surface area contributed by atoms with E-state index in [1.807, 2.05) is 36.4 Å². The van der Waals surface area contributed by atoms with Crippen molar-refractivity contribution in [2.45, 2.75) is 7.43 Å². The molecule has 0 bridgehead atoms. The number of hydrogen-bond donors (Lipinski definition) is 0. The number of hydrogen-bond acceptors (Lipinski definition) is 2. The van der Waals surface area contributed by atoms with E-state index in [9.17, 15) is 4.79 Å². The molecule has 0 unspecified atom stereocenters. The minimum atomic E-state index is -0.332. The van der Waals surface area contributed by atoms with Gasteiger partial charge in [0.15, 0.2) is 0 Å². The van der Waals surface area contributed by atoms with Crippen LogP contribution in [0.1, 0.15) is 17.8 Å². The highest BCUT2D eigenvalue weighted by Gasteiger charge is 2.06. The Morgan fingerprint density at radius 3 is 1.88 bits per heavy atom. The van der Waals surface area contributed by atoms with Crippen molar-refractivity contribution in [2.24, 2.45) is 0 Å². The van der Waals surface area contributed by atoms with Gasteiger partial charge in [-0.2, -0.15) is 0 Å². The smallest absolute Gasteiger partial charge is 0.343 e. The molecular weight excluding hydrogens is 200 g/mol. The van der Waals surface area contributed by atoms with E-state index in [2.05, 4.69) is 0 Å². The molecule has 0 saturated heterocycles. The highest BCUT2D eigenvalue weighted by Crippen LogP contribution is 2.11. The Morgan fingerprint density at radius 1 is 0.812 bits per heavy atom. The van der Waals surface area contributed by atoms with Crippen molar-refractivity contribution in [1.82, 2.24) is 0 Å². The molecule has 82 valence electrons. The lowest BCUT2D eigenvalue weighted by atomic mass is 10.2. The lowest BCUT2D eigenvalue weighted by molar-refractivity contribution is 0.0735. The van der Waals surface area contributed by atoms with Crippen molar-refractivity contribution < 1.29 is 9.53 Å². The molecule has 0 aliphatic carbocycles. The molecule has 0 spiro atoms. The SMILES string of the molecule is C.O=C(Oc1ccccc1)c1ccccc1. The fraction of sp³-hybridized carbons (Fsp3) is 0.0714. The first-order valence-corrected chi connectivity index (χ1v) is 4.68. The molecule has 0 saturated carbocycles. The van der Waals surface area contributed by atoms with Crippen molar-refractivity contribution in [2.75, 3.05) is 0 Å². The summed E-state index contributed by atoms with van der Waals surface area (Å²) < 4.78 is 5.16. The molecule has 2 heteroatoms. The summed E-state index contributed by atoms with van der Waals surface area (Å²) in [5.74, 6) is 0.230. The van der Waals surface area contributed by atoms with E-state index in [1.54, 1.807) is 24.3 Å². The maximum absolute atomic E-state index is 11.6. The van der Waals surface area contributed by atoms with Crippen LogP contribution in [-0.4, -0.2) is 5.97 Å². The van der Waals surface area contributed by atoms with Crippen LogP contribution >= 0.6 is 0 Å². The summed E-state index contributed by atoms with van der Waals surface area (Å²) in [4.78, 5) is 11.6. The van der Waals surface area contributed by atoms with E-state index in [0.29, 0.717) is 11.3 Å². The number of para-hydroxylation sites is 1. The Balaban J connectivity index is 0.00000128. The summed E-state index contributed by atoms with van der Waals surface area (Å²) >= 11 is 0. The van der Waals surface area contributed by atoms with Gasteiger partial charge in [-0.3, -0.25) is 0 Å². The van der Waals surface area contributed by atoms with E-state index < -0.39 is 0 Å². The lowest BCUT2D eigenvalue weighted by Crippen LogP contribution is -2.07. The molecule has 2 rings (SSSR count). The molecule has 2 nitrogen and oxygen atoms in total. The van der Waals surface area contributed by atoms with Crippen molar-refractivity contribution >= 4 is 5.97 Å². The van der Waals surface area contributed by atoms with E-state index in [4.69, 9.17) is 4.74 Å². The Morgan fingerprint density at radius 2 is 1.31 bits per heavy atom. The standard InChI is InChI=1S/C13H10O2.CH4/c14-13(11-7-3-1-4-8-11)15-12-9-5-2-6-10-12;/h1-10H;1H4. The van der Waals surface area contributed by atoms with Crippen LogP contribution in [0.15, 0.2) is 60.7 Å². The quantitative estimate of drug-likeness (QED) is 0.564. The predicted octanol–water partition coefficient (Wildman–Crippen LogP) is 3.54. The summed E-state index contributed by atoms with van der Waals surface area (Å²) in [5.41, 5.74) is 0.557. The van der Waals surface area contributed by atoms with Gasteiger partial charge in [-0.1, -0.05) is 43.8 Å². The third-order valence-corrected chi connectivity index (χ3v) is 1.96. The van der Waals surface area contributed by atoms with Crippen LogP contribution in [0, 0.1) is 0 Å². The van der Waals surface area contributed by atoms with E-state index in [1.165, 1.54) is 0 Å². The highest BCUT2D eigenvalue weighted by atomic mass is 16.5. The van der Waals surface area contributed by atoms with Crippen molar-refractivity contribution in [1.29, 1.82) is 0 Å². The Labute approximate surface area is 95.5 Å². The minimum absolute atomic E-state index is 0. The molecule has 0 radical (unpaired) electrons. The van der Waals surface area contributed by atoms with Crippen LogP contribution in [0.2, 0.25) is 0 Å². The molecule has 2 aromatic carbocycles. The average Bonchev–Trinajstić information content (AvgIpc) is 2.31. The molecule has 2 aromatic rings. The molecule has 16 heavy (non-hydrogen) atoms. The Kier molecular flexibility index (Phi) is 4.28. The van der Waals surface area contributed by atoms with Crippen LogP contribution < -0.4 is 4.74 Å². The Bertz CT molecular complexity index is 435. The number of esters is 1.